The summed E-state index contributed by atoms with van der Waals surface area (Å²) in [5.74, 6) is -0.145. The van der Waals surface area contributed by atoms with Gasteiger partial charge in [-0.1, -0.05) is 0 Å². The molecule has 0 fully saturated rings. The summed E-state index contributed by atoms with van der Waals surface area (Å²) in [6.45, 7) is 1.76. The standard InChI is InChI=1S/C8H9FS2/c1-6-4-7(11-5-10)2-3-8(6)9/h2-4,10H,5H2,1H3. The van der Waals surface area contributed by atoms with Crippen LogP contribution in [0.3, 0.4) is 0 Å². The van der Waals surface area contributed by atoms with E-state index in [-0.39, 0.29) is 5.82 Å². The number of rotatable bonds is 2. The van der Waals surface area contributed by atoms with E-state index in [1.807, 2.05) is 6.07 Å². The van der Waals surface area contributed by atoms with Gasteiger partial charge in [0, 0.05) is 9.98 Å². The number of thioether (sulfide) groups is 1. The minimum absolute atomic E-state index is 0.145. The second-order valence-corrected chi connectivity index (χ2v) is 3.98. The van der Waals surface area contributed by atoms with Crippen molar-refractivity contribution in [3.63, 3.8) is 0 Å². The van der Waals surface area contributed by atoms with Crippen molar-refractivity contribution >= 4 is 24.4 Å². The van der Waals surface area contributed by atoms with Crippen LogP contribution in [0.15, 0.2) is 23.1 Å². The van der Waals surface area contributed by atoms with Crippen molar-refractivity contribution in [2.75, 3.05) is 5.08 Å². The lowest BCUT2D eigenvalue weighted by Crippen LogP contribution is -1.81. The molecule has 0 radical (unpaired) electrons. The smallest absolute Gasteiger partial charge is 0.126 e. The molecule has 0 aliphatic carbocycles. The van der Waals surface area contributed by atoms with Gasteiger partial charge in [-0.05, 0) is 30.7 Å². The van der Waals surface area contributed by atoms with Gasteiger partial charge in [0.25, 0.3) is 0 Å². The molecule has 0 saturated carbocycles. The van der Waals surface area contributed by atoms with Crippen molar-refractivity contribution < 1.29 is 4.39 Å². The number of aryl methyl sites for hydroxylation is 1. The molecule has 1 aromatic rings. The molecule has 0 nitrogen and oxygen atoms in total. The molecule has 0 spiro atoms. The normalized spacial score (nSPS) is 10.1. The van der Waals surface area contributed by atoms with Crippen LogP contribution >= 0.6 is 24.4 Å². The van der Waals surface area contributed by atoms with Gasteiger partial charge in [-0.25, -0.2) is 4.39 Å². The van der Waals surface area contributed by atoms with Gasteiger partial charge >= 0.3 is 0 Å². The van der Waals surface area contributed by atoms with E-state index in [1.54, 1.807) is 24.8 Å². The molecule has 60 valence electrons. The number of hydrogen-bond donors (Lipinski definition) is 1. The zero-order chi connectivity index (χ0) is 8.27. The molecule has 0 N–H and O–H groups in total. The van der Waals surface area contributed by atoms with Crippen molar-refractivity contribution in [2.24, 2.45) is 0 Å². The van der Waals surface area contributed by atoms with Crippen molar-refractivity contribution in [2.45, 2.75) is 11.8 Å². The Balaban J connectivity index is 2.86. The highest BCUT2D eigenvalue weighted by Crippen LogP contribution is 2.20. The Morgan fingerprint density at radius 2 is 2.27 bits per heavy atom. The molecular formula is C8H9FS2. The molecule has 0 aromatic heterocycles. The Hall–Kier alpha value is -0.150. The number of halogens is 1. The Morgan fingerprint density at radius 1 is 1.55 bits per heavy atom. The monoisotopic (exact) mass is 188 g/mol. The van der Waals surface area contributed by atoms with Gasteiger partial charge in [0.1, 0.15) is 5.82 Å². The van der Waals surface area contributed by atoms with Crippen molar-refractivity contribution in [3.05, 3.63) is 29.6 Å². The largest absolute Gasteiger partial charge is 0.207 e. The molecule has 0 aliphatic rings. The topological polar surface area (TPSA) is 0 Å². The molecule has 11 heavy (non-hydrogen) atoms. The lowest BCUT2D eigenvalue weighted by molar-refractivity contribution is 0.617. The number of hydrogen-bond acceptors (Lipinski definition) is 2. The zero-order valence-electron chi connectivity index (χ0n) is 6.17. The van der Waals surface area contributed by atoms with Gasteiger partial charge in [0.2, 0.25) is 0 Å². The number of benzene rings is 1. The van der Waals surface area contributed by atoms with Gasteiger partial charge in [-0.2, -0.15) is 12.6 Å². The Labute approximate surface area is 75.6 Å². The highest BCUT2D eigenvalue weighted by molar-refractivity contribution is 8.09. The molecule has 3 heteroatoms. The highest BCUT2D eigenvalue weighted by Gasteiger charge is 1.97. The fourth-order valence-corrected chi connectivity index (χ4v) is 1.80. The number of thiol groups is 1. The van der Waals surface area contributed by atoms with Crippen LogP contribution < -0.4 is 0 Å². The van der Waals surface area contributed by atoms with Crippen LogP contribution in [0.25, 0.3) is 0 Å². The van der Waals surface area contributed by atoms with E-state index >= 15 is 0 Å². The van der Waals surface area contributed by atoms with Crippen molar-refractivity contribution in [1.82, 2.24) is 0 Å². The van der Waals surface area contributed by atoms with Crippen LogP contribution in [-0.4, -0.2) is 5.08 Å². The molecule has 0 atom stereocenters. The van der Waals surface area contributed by atoms with Gasteiger partial charge in [-0.15, -0.1) is 11.8 Å². The summed E-state index contributed by atoms with van der Waals surface area (Å²) in [6, 6.07) is 5.08. The quantitative estimate of drug-likeness (QED) is 0.423. The second kappa shape index (κ2) is 4.02. The molecule has 0 aliphatic heterocycles. The summed E-state index contributed by atoms with van der Waals surface area (Å²) in [4.78, 5) is 1.07. The van der Waals surface area contributed by atoms with Gasteiger partial charge in [0.05, 0.1) is 0 Å². The van der Waals surface area contributed by atoms with Crippen LogP contribution in [-0.2, 0) is 0 Å². The molecule has 0 heterocycles. The predicted molar refractivity (Wildman–Crippen MR) is 50.8 cm³/mol. The van der Waals surface area contributed by atoms with Crippen LogP contribution in [0.2, 0.25) is 0 Å². The van der Waals surface area contributed by atoms with E-state index in [0.717, 1.165) is 9.98 Å². The average Bonchev–Trinajstić information content (AvgIpc) is 1.98. The highest BCUT2D eigenvalue weighted by atomic mass is 32.2. The fourth-order valence-electron chi connectivity index (χ4n) is 0.782. The van der Waals surface area contributed by atoms with Crippen LogP contribution in [0, 0.1) is 12.7 Å². The Morgan fingerprint density at radius 3 is 2.82 bits per heavy atom. The van der Waals surface area contributed by atoms with Crippen LogP contribution in [0.4, 0.5) is 4.39 Å². The molecule has 0 saturated heterocycles. The first-order chi connectivity index (χ1) is 5.24. The van der Waals surface area contributed by atoms with E-state index in [1.165, 1.54) is 6.07 Å². The van der Waals surface area contributed by atoms with E-state index in [4.69, 9.17) is 0 Å². The van der Waals surface area contributed by atoms with Gasteiger partial charge in [0.15, 0.2) is 0 Å². The third-order valence-electron chi connectivity index (χ3n) is 1.36. The predicted octanol–water partition coefficient (Wildman–Crippen LogP) is 3.11. The molecular weight excluding hydrogens is 179 g/mol. The summed E-state index contributed by atoms with van der Waals surface area (Å²) < 4.78 is 12.7. The second-order valence-electron chi connectivity index (χ2n) is 2.18. The SMILES string of the molecule is Cc1cc(SCS)ccc1F. The summed E-state index contributed by atoms with van der Waals surface area (Å²) >= 11 is 5.66. The lowest BCUT2D eigenvalue weighted by atomic mass is 10.2. The summed E-state index contributed by atoms with van der Waals surface area (Å²) in [5, 5.41) is 0.727. The Kier molecular flexibility index (Phi) is 3.27. The van der Waals surface area contributed by atoms with E-state index in [2.05, 4.69) is 12.6 Å². The van der Waals surface area contributed by atoms with Crippen molar-refractivity contribution in [3.8, 4) is 0 Å². The fraction of sp³-hybridized carbons (Fsp3) is 0.250. The molecule has 0 unspecified atom stereocenters. The summed E-state index contributed by atoms with van der Waals surface area (Å²) in [7, 11) is 0. The first kappa shape index (κ1) is 8.94. The summed E-state index contributed by atoms with van der Waals surface area (Å²) in [6.07, 6.45) is 0. The van der Waals surface area contributed by atoms with E-state index < -0.39 is 0 Å². The third-order valence-corrected chi connectivity index (χ3v) is 2.46. The van der Waals surface area contributed by atoms with Crippen molar-refractivity contribution in [1.29, 1.82) is 0 Å². The first-order valence-corrected chi connectivity index (χ1v) is 4.85. The maximum atomic E-state index is 12.7. The van der Waals surface area contributed by atoms with Crippen LogP contribution in [0.5, 0.6) is 0 Å². The van der Waals surface area contributed by atoms with Gasteiger partial charge < -0.3 is 0 Å². The van der Waals surface area contributed by atoms with E-state index in [9.17, 15) is 4.39 Å². The molecule has 1 rings (SSSR count). The zero-order valence-corrected chi connectivity index (χ0v) is 7.88. The molecule has 0 amide bonds. The third kappa shape index (κ3) is 2.42. The first-order valence-electron chi connectivity index (χ1n) is 3.24. The maximum Gasteiger partial charge on any atom is 0.126 e. The van der Waals surface area contributed by atoms with Crippen LogP contribution in [0.1, 0.15) is 5.56 Å². The van der Waals surface area contributed by atoms with E-state index in [0.29, 0.717) is 5.56 Å². The Bertz CT molecular complexity index is 248. The minimum Gasteiger partial charge on any atom is -0.207 e. The lowest BCUT2D eigenvalue weighted by Gasteiger charge is -1.99. The van der Waals surface area contributed by atoms with Gasteiger partial charge in [-0.3, -0.25) is 0 Å². The maximum absolute atomic E-state index is 12.7. The summed E-state index contributed by atoms with van der Waals surface area (Å²) in [5.41, 5.74) is 0.691. The average molecular weight is 188 g/mol. The molecule has 0 bridgehead atoms. The minimum atomic E-state index is -0.145. The molecule has 1 aromatic carbocycles.